The first kappa shape index (κ1) is 17.3. The highest BCUT2D eigenvalue weighted by Crippen LogP contribution is 2.17. The van der Waals surface area contributed by atoms with Gasteiger partial charge in [0.2, 0.25) is 0 Å². The summed E-state index contributed by atoms with van der Waals surface area (Å²) in [5, 5.41) is 0. The predicted molar refractivity (Wildman–Crippen MR) is 103 cm³/mol. The molecule has 0 bridgehead atoms. The molecule has 0 fully saturated rings. The van der Waals surface area contributed by atoms with E-state index < -0.39 is 0 Å². The van der Waals surface area contributed by atoms with Gasteiger partial charge in [0.1, 0.15) is 0 Å². The lowest BCUT2D eigenvalue weighted by Gasteiger charge is -2.07. The number of hydrogen-bond acceptors (Lipinski definition) is 0. The standard InChI is InChI=1S/C23H28/c1-18(2)23-16-14-22(15-17-23)13-8-19(3)6-5-7-21-11-9-20(4)10-12-21/h9-12,14-17H,1,3,5-8,13H2,2,4H3. The molecule has 0 aliphatic rings. The molecule has 2 rings (SSSR count). The lowest BCUT2D eigenvalue weighted by Crippen LogP contribution is -1.92. The van der Waals surface area contributed by atoms with Crippen LogP contribution in [0.4, 0.5) is 0 Å². The Morgan fingerprint density at radius 1 is 0.783 bits per heavy atom. The number of rotatable bonds is 8. The van der Waals surface area contributed by atoms with Gasteiger partial charge in [-0.1, -0.05) is 78.4 Å². The van der Waals surface area contributed by atoms with Crippen molar-refractivity contribution in [3.63, 3.8) is 0 Å². The van der Waals surface area contributed by atoms with E-state index in [0.29, 0.717) is 0 Å². The van der Waals surface area contributed by atoms with E-state index in [4.69, 9.17) is 0 Å². The molecule has 2 aromatic rings. The number of hydrogen-bond donors (Lipinski definition) is 0. The molecule has 0 N–H and O–H groups in total. The lowest BCUT2D eigenvalue weighted by atomic mass is 9.98. The Morgan fingerprint density at radius 2 is 1.35 bits per heavy atom. The topological polar surface area (TPSA) is 0 Å². The van der Waals surface area contributed by atoms with E-state index >= 15 is 0 Å². The first-order chi connectivity index (χ1) is 11.0. The Morgan fingerprint density at radius 3 is 1.96 bits per heavy atom. The van der Waals surface area contributed by atoms with Crippen LogP contribution in [-0.2, 0) is 12.8 Å². The highest BCUT2D eigenvalue weighted by atomic mass is 14.1. The number of allylic oxidation sites excluding steroid dienone is 2. The van der Waals surface area contributed by atoms with Crippen LogP contribution in [0, 0.1) is 6.92 Å². The highest BCUT2D eigenvalue weighted by molar-refractivity contribution is 5.61. The molecule has 0 aromatic heterocycles. The van der Waals surface area contributed by atoms with E-state index in [0.717, 1.165) is 31.3 Å². The average molecular weight is 304 g/mol. The summed E-state index contributed by atoms with van der Waals surface area (Å²) in [5.41, 5.74) is 7.85. The van der Waals surface area contributed by atoms with Gasteiger partial charge in [0, 0.05) is 0 Å². The third-order valence-corrected chi connectivity index (χ3v) is 4.33. The quantitative estimate of drug-likeness (QED) is 0.486. The van der Waals surface area contributed by atoms with Crippen molar-refractivity contribution >= 4 is 5.57 Å². The molecule has 0 aliphatic carbocycles. The van der Waals surface area contributed by atoms with Crippen molar-refractivity contribution in [2.24, 2.45) is 0 Å². The van der Waals surface area contributed by atoms with Gasteiger partial charge >= 0.3 is 0 Å². The third kappa shape index (κ3) is 5.90. The summed E-state index contributed by atoms with van der Waals surface area (Å²) in [7, 11) is 0. The average Bonchev–Trinajstić information content (AvgIpc) is 2.55. The van der Waals surface area contributed by atoms with Crippen molar-refractivity contribution in [1.29, 1.82) is 0 Å². The molecule has 0 aliphatic heterocycles. The molecular formula is C23H28. The van der Waals surface area contributed by atoms with E-state index in [1.807, 2.05) is 6.92 Å². The Hall–Kier alpha value is -2.08. The Labute approximate surface area is 141 Å². The van der Waals surface area contributed by atoms with Gasteiger partial charge in [-0.3, -0.25) is 0 Å². The van der Waals surface area contributed by atoms with Crippen molar-refractivity contribution in [2.45, 2.75) is 46.0 Å². The largest absolute Gasteiger partial charge is 0.0999 e. The minimum absolute atomic E-state index is 1.08. The third-order valence-electron chi connectivity index (χ3n) is 4.33. The maximum absolute atomic E-state index is 4.25. The zero-order valence-electron chi connectivity index (χ0n) is 14.6. The summed E-state index contributed by atoms with van der Waals surface area (Å²) >= 11 is 0. The van der Waals surface area contributed by atoms with Gasteiger partial charge < -0.3 is 0 Å². The van der Waals surface area contributed by atoms with Gasteiger partial charge in [0.25, 0.3) is 0 Å². The van der Waals surface area contributed by atoms with Crippen molar-refractivity contribution in [2.75, 3.05) is 0 Å². The second-order valence-electron chi connectivity index (χ2n) is 6.57. The van der Waals surface area contributed by atoms with Crippen molar-refractivity contribution in [3.05, 3.63) is 89.5 Å². The van der Waals surface area contributed by atoms with Gasteiger partial charge in [-0.05, 0) is 62.6 Å². The molecule has 0 heterocycles. The van der Waals surface area contributed by atoms with Crippen LogP contribution in [0.2, 0.25) is 0 Å². The van der Waals surface area contributed by atoms with Crippen LogP contribution in [0.3, 0.4) is 0 Å². The summed E-state index contributed by atoms with van der Waals surface area (Å²) in [6.45, 7) is 12.4. The summed E-state index contributed by atoms with van der Waals surface area (Å²) in [5.74, 6) is 0. The zero-order valence-corrected chi connectivity index (χ0v) is 14.6. The molecule has 0 amide bonds. The molecule has 0 atom stereocenters. The van der Waals surface area contributed by atoms with Crippen LogP contribution in [0.15, 0.2) is 67.3 Å². The second-order valence-corrected chi connectivity index (χ2v) is 6.57. The monoisotopic (exact) mass is 304 g/mol. The summed E-state index contributed by atoms with van der Waals surface area (Å²) in [4.78, 5) is 0. The van der Waals surface area contributed by atoms with Crippen LogP contribution in [-0.4, -0.2) is 0 Å². The Kier molecular flexibility index (Phi) is 6.40. The first-order valence-corrected chi connectivity index (χ1v) is 8.51. The first-order valence-electron chi connectivity index (χ1n) is 8.51. The molecule has 0 saturated carbocycles. The van der Waals surface area contributed by atoms with Crippen LogP contribution >= 0.6 is 0 Å². The fraction of sp³-hybridized carbons (Fsp3) is 0.304. The lowest BCUT2D eigenvalue weighted by molar-refractivity contribution is 0.769. The molecule has 0 nitrogen and oxygen atoms in total. The normalized spacial score (nSPS) is 10.5. The molecule has 0 radical (unpaired) electrons. The second kappa shape index (κ2) is 8.53. The van der Waals surface area contributed by atoms with E-state index in [1.54, 1.807) is 0 Å². The van der Waals surface area contributed by atoms with Crippen LogP contribution in [0.5, 0.6) is 0 Å². The van der Waals surface area contributed by atoms with E-state index in [1.165, 1.54) is 34.2 Å². The molecule has 120 valence electrons. The van der Waals surface area contributed by atoms with Gasteiger partial charge in [-0.15, -0.1) is 0 Å². The Bertz CT molecular complexity index is 641. The van der Waals surface area contributed by atoms with E-state index in [9.17, 15) is 0 Å². The number of aryl methyl sites for hydroxylation is 3. The molecular weight excluding hydrogens is 276 g/mol. The van der Waals surface area contributed by atoms with E-state index in [-0.39, 0.29) is 0 Å². The fourth-order valence-electron chi connectivity index (χ4n) is 2.70. The van der Waals surface area contributed by atoms with Gasteiger partial charge in [0.05, 0.1) is 0 Å². The van der Waals surface area contributed by atoms with Gasteiger partial charge in [-0.25, -0.2) is 0 Å². The van der Waals surface area contributed by atoms with Crippen molar-refractivity contribution < 1.29 is 0 Å². The summed E-state index contributed by atoms with van der Waals surface area (Å²) < 4.78 is 0. The molecule has 0 unspecified atom stereocenters. The minimum atomic E-state index is 1.08. The van der Waals surface area contributed by atoms with Crippen LogP contribution in [0.25, 0.3) is 5.57 Å². The zero-order chi connectivity index (χ0) is 16.7. The molecule has 2 aromatic carbocycles. The van der Waals surface area contributed by atoms with Crippen LogP contribution in [0.1, 0.15) is 48.4 Å². The minimum Gasteiger partial charge on any atom is -0.0999 e. The van der Waals surface area contributed by atoms with Gasteiger partial charge in [0.15, 0.2) is 0 Å². The summed E-state index contributed by atoms with van der Waals surface area (Å²) in [6.07, 6.45) is 5.63. The smallest absolute Gasteiger partial charge is 0.0233 e. The molecule has 0 heteroatoms. The highest BCUT2D eigenvalue weighted by Gasteiger charge is 2.00. The predicted octanol–water partition coefficient (Wildman–Crippen LogP) is 6.54. The van der Waals surface area contributed by atoms with Crippen molar-refractivity contribution in [1.82, 2.24) is 0 Å². The van der Waals surface area contributed by atoms with Gasteiger partial charge in [-0.2, -0.15) is 0 Å². The van der Waals surface area contributed by atoms with Crippen LogP contribution < -0.4 is 0 Å². The Balaban J connectivity index is 1.70. The molecule has 0 saturated heterocycles. The van der Waals surface area contributed by atoms with E-state index in [2.05, 4.69) is 68.6 Å². The maximum atomic E-state index is 4.25. The maximum Gasteiger partial charge on any atom is -0.0233 e. The summed E-state index contributed by atoms with van der Waals surface area (Å²) in [6, 6.07) is 17.6. The fourth-order valence-corrected chi connectivity index (χ4v) is 2.70. The molecule has 0 spiro atoms. The van der Waals surface area contributed by atoms with Crippen molar-refractivity contribution in [3.8, 4) is 0 Å². The number of benzene rings is 2. The molecule has 23 heavy (non-hydrogen) atoms. The SMILES string of the molecule is C=C(CCCc1ccc(C)cc1)CCc1ccc(C(=C)C)cc1.